The van der Waals surface area contributed by atoms with Gasteiger partial charge in [0.2, 0.25) is 0 Å². The molecule has 0 atom stereocenters. The lowest BCUT2D eigenvalue weighted by Gasteiger charge is -1.97. The normalized spacial score (nSPS) is 10.4. The van der Waals surface area contributed by atoms with Crippen LogP contribution in [0.15, 0.2) is 10.9 Å². The molecular formula is C9H8N4O. The number of nitrogens with zero attached hydrogens (tertiary/aromatic N) is 3. The number of pyridine rings is 1. The van der Waals surface area contributed by atoms with Gasteiger partial charge >= 0.3 is 5.69 Å². The van der Waals surface area contributed by atoms with Crippen molar-refractivity contribution in [3.8, 4) is 6.07 Å². The first kappa shape index (κ1) is 8.51. The second kappa shape index (κ2) is 2.70. The van der Waals surface area contributed by atoms with Gasteiger partial charge in [-0.15, -0.1) is 0 Å². The van der Waals surface area contributed by atoms with Crippen molar-refractivity contribution in [3.63, 3.8) is 0 Å². The number of fused-ring (bicyclic) bond motifs is 1. The van der Waals surface area contributed by atoms with E-state index in [2.05, 4.69) is 9.97 Å². The highest BCUT2D eigenvalue weighted by atomic mass is 16.1. The summed E-state index contributed by atoms with van der Waals surface area (Å²) in [6.45, 7) is 1.75. The van der Waals surface area contributed by atoms with Crippen molar-refractivity contribution >= 4 is 11.2 Å². The third-order valence-electron chi connectivity index (χ3n) is 2.18. The third kappa shape index (κ3) is 1.01. The third-order valence-corrected chi connectivity index (χ3v) is 2.18. The molecule has 2 rings (SSSR count). The molecule has 5 heteroatoms. The lowest BCUT2D eigenvalue weighted by atomic mass is 10.2. The smallest absolute Gasteiger partial charge is 0.304 e. The fraction of sp³-hybridized carbons (Fsp3) is 0.222. The first-order valence-corrected chi connectivity index (χ1v) is 4.10. The highest BCUT2D eigenvalue weighted by Crippen LogP contribution is 2.11. The monoisotopic (exact) mass is 188 g/mol. The van der Waals surface area contributed by atoms with Crippen LogP contribution in [0.5, 0.6) is 0 Å². The standard InChI is InChI=1S/C9H8N4O/c1-5-6(4-10)3-7-8(11-5)13(2)9(14)12-7/h3H,1-2H3,(H,12,14). The maximum atomic E-state index is 11.2. The number of aromatic amines is 1. The van der Waals surface area contributed by atoms with Gasteiger partial charge in [-0.1, -0.05) is 0 Å². The van der Waals surface area contributed by atoms with Crippen molar-refractivity contribution in [1.82, 2.24) is 14.5 Å². The summed E-state index contributed by atoms with van der Waals surface area (Å²) in [5.74, 6) is 0. The fourth-order valence-corrected chi connectivity index (χ4v) is 1.35. The van der Waals surface area contributed by atoms with E-state index in [0.29, 0.717) is 22.4 Å². The lowest BCUT2D eigenvalue weighted by molar-refractivity contribution is 0.876. The maximum Gasteiger partial charge on any atom is 0.327 e. The molecule has 70 valence electrons. The van der Waals surface area contributed by atoms with E-state index in [9.17, 15) is 4.79 Å². The Balaban J connectivity index is 2.95. The summed E-state index contributed by atoms with van der Waals surface area (Å²) in [6.07, 6.45) is 0. The van der Waals surface area contributed by atoms with Crippen molar-refractivity contribution in [3.05, 3.63) is 27.8 Å². The van der Waals surface area contributed by atoms with Crippen molar-refractivity contribution in [2.45, 2.75) is 6.92 Å². The largest absolute Gasteiger partial charge is 0.327 e. The van der Waals surface area contributed by atoms with Crippen LogP contribution >= 0.6 is 0 Å². The Morgan fingerprint density at radius 3 is 3.00 bits per heavy atom. The van der Waals surface area contributed by atoms with E-state index in [1.807, 2.05) is 6.07 Å². The Bertz CT molecular complexity index is 600. The summed E-state index contributed by atoms with van der Waals surface area (Å²) in [4.78, 5) is 18.0. The summed E-state index contributed by atoms with van der Waals surface area (Å²) < 4.78 is 1.42. The molecule has 0 unspecified atom stereocenters. The predicted octanol–water partition coefficient (Wildman–Crippen LogP) is 0.442. The molecule has 2 aromatic heterocycles. The van der Waals surface area contributed by atoms with E-state index in [1.54, 1.807) is 20.0 Å². The minimum atomic E-state index is -0.220. The average Bonchev–Trinajstić information content (AvgIpc) is 2.43. The SMILES string of the molecule is Cc1nc2c(cc1C#N)[nH]c(=O)n2C. The minimum absolute atomic E-state index is 0.220. The Morgan fingerprint density at radius 1 is 1.64 bits per heavy atom. The van der Waals surface area contributed by atoms with E-state index in [1.165, 1.54) is 4.57 Å². The highest BCUT2D eigenvalue weighted by Gasteiger charge is 2.07. The first-order valence-electron chi connectivity index (χ1n) is 4.10. The van der Waals surface area contributed by atoms with Gasteiger partial charge in [-0.25, -0.2) is 9.78 Å². The lowest BCUT2D eigenvalue weighted by Crippen LogP contribution is -2.12. The quantitative estimate of drug-likeness (QED) is 0.651. The zero-order chi connectivity index (χ0) is 10.3. The first-order chi connectivity index (χ1) is 6.63. The molecule has 0 saturated carbocycles. The number of hydrogen-bond donors (Lipinski definition) is 1. The number of hydrogen-bond acceptors (Lipinski definition) is 3. The van der Waals surface area contributed by atoms with Crippen LogP contribution in [0.4, 0.5) is 0 Å². The van der Waals surface area contributed by atoms with Crippen molar-refractivity contribution in [2.24, 2.45) is 7.05 Å². The number of H-pyrrole nitrogens is 1. The Hall–Kier alpha value is -2.09. The molecule has 0 amide bonds. The maximum absolute atomic E-state index is 11.2. The summed E-state index contributed by atoms with van der Waals surface area (Å²) in [5, 5.41) is 8.77. The van der Waals surface area contributed by atoms with E-state index in [4.69, 9.17) is 5.26 Å². The topological polar surface area (TPSA) is 74.5 Å². The number of imidazole rings is 1. The van der Waals surface area contributed by atoms with Gasteiger partial charge in [-0.05, 0) is 13.0 Å². The molecule has 0 fully saturated rings. The molecule has 14 heavy (non-hydrogen) atoms. The van der Waals surface area contributed by atoms with E-state index >= 15 is 0 Å². The van der Waals surface area contributed by atoms with Crippen LogP contribution in [-0.2, 0) is 7.05 Å². The molecule has 1 N–H and O–H groups in total. The number of nitriles is 1. The van der Waals surface area contributed by atoms with Gasteiger partial charge in [0.15, 0.2) is 5.65 Å². The van der Waals surface area contributed by atoms with Crippen LogP contribution in [0.3, 0.4) is 0 Å². The molecule has 0 saturated heterocycles. The summed E-state index contributed by atoms with van der Waals surface area (Å²) >= 11 is 0. The Labute approximate surface area is 79.6 Å². The van der Waals surface area contributed by atoms with E-state index in [0.717, 1.165) is 0 Å². The molecule has 5 nitrogen and oxygen atoms in total. The molecule has 0 aliphatic rings. The van der Waals surface area contributed by atoms with Gasteiger partial charge in [-0.2, -0.15) is 5.26 Å². The zero-order valence-electron chi connectivity index (χ0n) is 7.83. The van der Waals surface area contributed by atoms with E-state index < -0.39 is 0 Å². The molecule has 0 aliphatic carbocycles. The molecule has 0 radical (unpaired) electrons. The van der Waals surface area contributed by atoms with Crippen LogP contribution in [0.2, 0.25) is 0 Å². The average molecular weight is 188 g/mol. The molecule has 0 aromatic carbocycles. The second-order valence-electron chi connectivity index (χ2n) is 3.09. The van der Waals surface area contributed by atoms with Gasteiger partial charge in [0.05, 0.1) is 16.8 Å². The summed E-state index contributed by atoms with van der Waals surface area (Å²) in [7, 11) is 1.64. The molecular weight excluding hydrogens is 180 g/mol. The van der Waals surface area contributed by atoms with Crippen molar-refractivity contribution in [1.29, 1.82) is 5.26 Å². The van der Waals surface area contributed by atoms with Crippen LogP contribution in [0.25, 0.3) is 11.2 Å². The highest BCUT2D eigenvalue weighted by molar-refractivity contribution is 5.72. The van der Waals surface area contributed by atoms with Crippen LogP contribution in [-0.4, -0.2) is 14.5 Å². The number of aryl methyl sites for hydroxylation is 2. The summed E-state index contributed by atoms with van der Waals surface area (Å²) in [5.41, 5.74) is 2.07. The van der Waals surface area contributed by atoms with Crippen molar-refractivity contribution < 1.29 is 0 Å². The summed E-state index contributed by atoms with van der Waals surface area (Å²) in [6, 6.07) is 3.66. The zero-order valence-corrected chi connectivity index (χ0v) is 7.83. The van der Waals surface area contributed by atoms with Crippen LogP contribution < -0.4 is 5.69 Å². The van der Waals surface area contributed by atoms with Gasteiger partial charge in [0.25, 0.3) is 0 Å². The minimum Gasteiger partial charge on any atom is -0.304 e. The predicted molar refractivity (Wildman–Crippen MR) is 50.8 cm³/mol. The van der Waals surface area contributed by atoms with Crippen molar-refractivity contribution in [2.75, 3.05) is 0 Å². The van der Waals surface area contributed by atoms with Crippen LogP contribution in [0.1, 0.15) is 11.3 Å². The number of rotatable bonds is 0. The van der Waals surface area contributed by atoms with E-state index in [-0.39, 0.29) is 5.69 Å². The van der Waals surface area contributed by atoms with Gasteiger partial charge < -0.3 is 4.98 Å². The van der Waals surface area contributed by atoms with Gasteiger partial charge in [0.1, 0.15) is 6.07 Å². The fourth-order valence-electron chi connectivity index (χ4n) is 1.35. The number of nitrogens with one attached hydrogen (secondary N) is 1. The van der Waals surface area contributed by atoms with Gasteiger partial charge in [-0.3, -0.25) is 4.57 Å². The van der Waals surface area contributed by atoms with Gasteiger partial charge in [0, 0.05) is 7.05 Å². The molecule has 2 aromatic rings. The van der Waals surface area contributed by atoms with Crippen LogP contribution in [0, 0.1) is 18.3 Å². The molecule has 0 spiro atoms. The number of aromatic nitrogens is 3. The Morgan fingerprint density at radius 2 is 2.36 bits per heavy atom. The molecule has 2 heterocycles. The second-order valence-corrected chi connectivity index (χ2v) is 3.09. The molecule has 0 aliphatic heterocycles. The molecule has 0 bridgehead atoms. The Kier molecular flexibility index (Phi) is 1.64.